The molecule has 3 heteroatoms. The van der Waals surface area contributed by atoms with E-state index in [0.717, 1.165) is 51.5 Å². The van der Waals surface area contributed by atoms with Gasteiger partial charge in [-0.05, 0) is 25.6 Å². The summed E-state index contributed by atoms with van der Waals surface area (Å²) in [6.07, 6.45) is 3.11. The first-order valence-corrected chi connectivity index (χ1v) is 7.56. The minimum Gasteiger partial charge on any atom is -0.492 e. The minimum absolute atomic E-state index is 0.719. The Morgan fingerprint density at radius 3 is 2.75 bits per heavy atom. The third-order valence-corrected chi connectivity index (χ3v) is 3.13. The Hall–Kier alpha value is -1.32. The largest absolute Gasteiger partial charge is 0.492 e. The number of rotatable bonds is 11. The highest BCUT2D eigenvalue weighted by molar-refractivity contribution is 5.33. The first-order chi connectivity index (χ1) is 9.81. The maximum atomic E-state index is 5.94. The number of benzene rings is 1. The monoisotopic (exact) mass is 276 g/mol. The van der Waals surface area contributed by atoms with Gasteiger partial charge in [0.15, 0.2) is 0 Å². The summed E-state index contributed by atoms with van der Waals surface area (Å²) in [5, 5.41) is 3.34. The van der Waals surface area contributed by atoms with Crippen LogP contribution in [0.4, 0.5) is 0 Å². The zero-order valence-corrected chi connectivity index (χ0v) is 12.9. The predicted octanol–water partition coefficient (Wildman–Crippen LogP) is 3.07. The molecule has 3 nitrogen and oxygen atoms in total. The zero-order chi connectivity index (χ0) is 14.6. The van der Waals surface area contributed by atoms with Gasteiger partial charge in [0.2, 0.25) is 0 Å². The average molecular weight is 276 g/mol. The summed E-state index contributed by atoms with van der Waals surface area (Å²) in [5.74, 6) is 0.989. The normalized spacial score (nSPS) is 10.8. The third kappa shape index (κ3) is 6.22. The molecular formula is C17H28N2O. The SMILES string of the molecule is C=CCN(CCC)CCOc1ccccc1CNCC. The van der Waals surface area contributed by atoms with E-state index in [1.165, 1.54) is 5.56 Å². The molecule has 0 saturated heterocycles. The second-order valence-electron chi connectivity index (χ2n) is 4.83. The van der Waals surface area contributed by atoms with E-state index in [1.54, 1.807) is 0 Å². The molecule has 0 atom stereocenters. The smallest absolute Gasteiger partial charge is 0.123 e. The van der Waals surface area contributed by atoms with Crippen molar-refractivity contribution in [3.8, 4) is 5.75 Å². The fourth-order valence-corrected chi connectivity index (χ4v) is 2.13. The zero-order valence-electron chi connectivity index (χ0n) is 12.9. The van der Waals surface area contributed by atoms with Gasteiger partial charge in [-0.1, -0.05) is 38.1 Å². The fourth-order valence-electron chi connectivity index (χ4n) is 2.13. The molecule has 0 saturated carbocycles. The molecule has 0 bridgehead atoms. The summed E-state index contributed by atoms with van der Waals surface area (Å²) in [7, 11) is 0. The molecule has 1 N–H and O–H groups in total. The Kier molecular flexibility index (Phi) is 8.76. The van der Waals surface area contributed by atoms with Gasteiger partial charge in [-0.25, -0.2) is 0 Å². The molecule has 0 spiro atoms. The Morgan fingerprint density at radius 1 is 1.25 bits per heavy atom. The topological polar surface area (TPSA) is 24.5 Å². The van der Waals surface area contributed by atoms with Crippen LogP contribution in [-0.2, 0) is 6.54 Å². The van der Waals surface area contributed by atoms with Crippen LogP contribution in [0.2, 0.25) is 0 Å². The van der Waals surface area contributed by atoms with Crippen LogP contribution in [0.1, 0.15) is 25.8 Å². The van der Waals surface area contributed by atoms with Crippen molar-refractivity contribution in [2.45, 2.75) is 26.8 Å². The number of para-hydroxylation sites is 1. The van der Waals surface area contributed by atoms with E-state index in [9.17, 15) is 0 Å². The molecule has 0 radical (unpaired) electrons. The highest BCUT2D eigenvalue weighted by atomic mass is 16.5. The van der Waals surface area contributed by atoms with Crippen LogP contribution in [0, 0.1) is 0 Å². The highest BCUT2D eigenvalue weighted by Gasteiger charge is 2.05. The minimum atomic E-state index is 0.719. The van der Waals surface area contributed by atoms with Crippen LogP contribution in [0.15, 0.2) is 36.9 Å². The van der Waals surface area contributed by atoms with Crippen molar-refractivity contribution >= 4 is 0 Å². The van der Waals surface area contributed by atoms with E-state index in [1.807, 2.05) is 18.2 Å². The summed E-state index contributed by atoms with van der Waals surface area (Å²) >= 11 is 0. The van der Waals surface area contributed by atoms with Crippen molar-refractivity contribution < 1.29 is 4.74 Å². The number of nitrogens with one attached hydrogen (secondary N) is 1. The van der Waals surface area contributed by atoms with Gasteiger partial charge in [0.1, 0.15) is 12.4 Å². The van der Waals surface area contributed by atoms with Crippen molar-refractivity contribution in [2.75, 3.05) is 32.8 Å². The summed E-state index contributed by atoms with van der Waals surface area (Å²) in [6, 6.07) is 8.24. The lowest BCUT2D eigenvalue weighted by molar-refractivity contribution is 0.221. The molecule has 0 amide bonds. The molecule has 0 fully saturated rings. The van der Waals surface area contributed by atoms with Crippen LogP contribution in [0.25, 0.3) is 0 Å². The van der Waals surface area contributed by atoms with Crippen molar-refractivity contribution in [2.24, 2.45) is 0 Å². The molecule has 0 aliphatic heterocycles. The lowest BCUT2D eigenvalue weighted by atomic mass is 10.2. The third-order valence-electron chi connectivity index (χ3n) is 3.13. The van der Waals surface area contributed by atoms with Crippen LogP contribution in [0.5, 0.6) is 5.75 Å². The van der Waals surface area contributed by atoms with E-state index >= 15 is 0 Å². The highest BCUT2D eigenvalue weighted by Crippen LogP contribution is 2.17. The van der Waals surface area contributed by atoms with Crippen LogP contribution < -0.4 is 10.1 Å². The molecule has 0 aliphatic rings. The van der Waals surface area contributed by atoms with E-state index in [0.29, 0.717) is 0 Å². The van der Waals surface area contributed by atoms with E-state index in [4.69, 9.17) is 4.74 Å². The molecule has 20 heavy (non-hydrogen) atoms. The maximum absolute atomic E-state index is 5.94. The molecule has 0 unspecified atom stereocenters. The molecular weight excluding hydrogens is 248 g/mol. The van der Waals surface area contributed by atoms with Gasteiger partial charge in [0, 0.05) is 25.2 Å². The lowest BCUT2D eigenvalue weighted by Gasteiger charge is -2.20. The fraction of sp³-hybridized carbons (Fsp3) is 0.529. The van der Waals surface area contributed by atoms with E-state index in [-0.39, 0.29) is 0 Å². The predicted molar refractivity (Wildman–Crippen MR) is 86.2 cm³/mol. The molecule has 1 aromatic carbocycles. The summed E-state index contributed by atoms with van der Waals surface area (Å²) in [5.41, 5.74) is 1.22. The molecule has 0 heterocycles. The van der Waals surface area contributed by atoms with Gasteiger partial charge in [-0.3, -0.25) is 4.90 Å². The Balaban J connectivity index is 2.45. The molecule has 112 valence electrons. The molecule has 1 aromatic rings. The van der Waals surface area contributed by atoms with Crippen LogP contribution in [-0.4, -0.2) is 37.7 Å². The van der Waals surface area contributed by atoms with Crippen LogP contribution in [0.3, 0.4) is 0 Å². The van der Waals surface area contributed by atoms with Gasteiger partial charge in [0.25, 0.3) is 0 Å². The van der Waals surface area contributed by atoms with Crippen molar-refractivity contribution in [3.63, 3.8) is 0 Å². The second kappa shape index (κ2) is 10.5. The maximum Gasteiger partial charge on any atom is 0.123 e. The number of hydrogen-bond acceptors (Lipinski definition) is 3. The first-order valence-electron chi connectivity index (χ1n) is 7.56. The van der Waals surface area contributed by atoms with Gasteiger partial charge in [-0.15, -0.1) is 6.58 Å². The van der Waals surface area contributed by atoms with Crippen molar-refractivity contribution in [1.82, 2.24) is 10.2 Å². The standard InChI is InChI=1S/C17H28N2O/c1-4-11-19(12-5-2)13-14-20-17-10-8-7-9-16(17)15-18-6-3/h4,7-10,18H,1,5-6,11-15H2,2-3H3. The van der Waals surface area contributed by atoms with Crippen LogP contribution >= 0.6 is 0 Å². The van der Waals surface area contributed by atoms with Crippen molar-refractivity contribution in [3.05, 3.63) is 42.5 Å². The Morgan fingerprint density at radius 2 is 2.05 bits per heavy atom. The number of nitrogens with zero attached hydrogens (tertiary/aromatic N) is 1. The summed E-state index contributed by atoms with van der Waals surface area (Å²) < 4.78 is 5.94. The molecule has 0 aromatic heterocycles. The average Bonchev–Trinajstić information content (AvgIpc) is 2.46. The molecule has 0 aliphatic carbocycles. The second-order valence-corrected chi connectivity index (χ2v) is 4.83. The van der Waals surface area contributed by atoms with E-state index < -0.39 is 0 Å². The van der Waals surface area contributed by atoms with Gasteiger partial charge < -0.3 is 10.1 Å². The van der Waals surface area contributed by atoms with Crippen molar-refractivity contribution in [1.29, 1.82) is 0 Å². The number of ether oxygens (including phenoxy) is 1. The quantitative estimate of drug-likeness (QED) is 0.629. The lowest BCUT2D eigenvalue weighted by Crippen LogP contribution is -2.29. The number of hydrogen-bond donors (Lipinski definition) is 1. The summed E-state index contributed by atoms with van der Waals surface area (Å²) in [6.45, 7) is 13.6. The Labute approximate surface area is 123 Å². The summed E-state index contributed by atoms with van der Waals surface area (Å²) in [4.78, 5) is 2.36. The molecule has 1 rings (SSSR count). The van der Waals surface area contributed by atoms with Gasteiger partial charge in [0.05, 0.1) is 0 Å². The van der Waals surface area contributed by atoms with Gasteiger partial charge in [-0.2, -0.15) is 0 Å². The van der Waals surface area contributed by atoms with Gasteiger partial charge >= 0.3 is 0 Å². The first kappa shape index (κ1) is 16.7. The van der Waals surface area contributed by atoms with E-state index in [2.05, 4.69) is 42.8 Å². The Bertz CT molecular complexity index is 379.